The molecule has 0 fully saturated rings. The largest absolute Gasteiger partial charge is 0.481 e. The van der Waals surface area contributed by atoms with Gasteiger partial charge in [0.25, 0.3) is 5.91 Å². The molecule has 1 amide bonds. The van der Waals surface area contributed by atoms with Gasteiger partial charge in [0.15, 0.2) is 6.10 Å². The van der Waals surface area contributed by atoms with Crippen molar-refractivity contribution in [3.05, 3.63) is 29.3 Å². The highest BCUT2D eigenvalue weighted by Gasteiger charge is 2.21. The van der Waals surface area contributed by atoms with Crippen LogP contribution in [0.2, 0.25) is 0 Å². The molecule has 1 aromatic rings. The van der Waals surface area contributed by atoms with Gasteiger partial charge in [-0.1, -0.05) is 6.07 Å². The number of rotatable bonds is 4. The maximum absolute atomic E-state index is 11.8. The highest BCUT2D eigenvalue weighted by Crippen LogP contribution is 2.32. The summed E-state index contributed by atoms with van der Waals surface area (Å²) in [6, 6.07) is 6.56. The average Bonchev–Trinajstić information content (AvgIpc) is 2.45. The monoisotopic (exact) mass is 276 g/mol. The van der Waals surface area contributed by atoms with E-state index in [0.29, 0.717) is 6.04 Å². The summed E-state index contributed by atoms with van der Waals surface area (Å²) in [4.78, 5) is 13.4. The van der Waals surface area contributed by atoms with Crippen LogP contribution in [-0.4, -0.2) is 38.1 Å². The first-order valence-electron chi connectivity index (χ1n) is 7.21. The molecule has 4 nitrogen and oxygen atoms in total. The number of fused-ring (bicyclic) bond motifs is 1. The van der Waals surface area contributed by atoms with Gasteiger partial charge in [-0.25, -0.2) is 0 Å². The van der Waals surface area contributed by atoms with Gasteiger partial charge in [-0.2, -0.15) is 0 Å². The quantitative estimate of drug-likeness (QED) is 0.916. The summed E-state index contributed by atoms with van der Waals surface area (Å²) in [5.41, 5.74) is 2.69. The number of carbonyl (C=O) groups excluding carboxylic acids is 1. The van der Waals surface area contributed by atoms with E-state index in [1.807, 2.05) is 13.1 Å². The number of nitrogens with one attached hydrogen (secondary N) is 1. The predicted molar refractivity (Wildman–Crippen MR) is 80.0 cm³/mol. The summed E-state index contributed by atoms with van der Waals surface area (Å²) in [6.45, 7) is 1.79. The molecule has 110 valence electrons. The SMILES string of the molecule is CNC1CCCc2ccc(OC(C)C(=O)N(C)C)cc21. The molecule has 0 saturated carbocycles. The Balaban J connectivity index is 2.16. The Labute approximate surface area is 121 Å². The molecule has 0 aromatic heterocycles. The third-order valence-corrected chi connectivity index (χ3v) is 3.88. The topological polar surface area (TPSA) is 41.6 Å². The molecule has 4 heteroatoms. The van der Waals surface area contributed by atoms with Crippen LogP contribution in [0.15, 0.2) is 18.2 Å². The first-order valence-corrected chi connectivity index (χ1v) is 7.21. The minimum atomic E-state index is -0.459. The van der Waals surface area contributed by atoms with Crippen molar-refractivity contribution in [3.63, 3.8) is 0 Å². The van der Waals surface area contributed by atoms with Crippen LogP contribution in [0.1, 0.15) is 36.9 Å². The van der Waals surface area contributed by atoms with Crippen molar-refractivity contribution in [2.75, 3.05) is 21.1 Å². The lowest BCUT2D eigenvalue weighted by molar-refractivity contribution is -0.135. The third-order valence-electron chi connectivity index (χ3n) is 3.88. The molecule has 0 heterocycles. The maximum atomic E-state index is 11.8. The lowest BCUT2D eigenvalue weighted by Crippen LogP contribution is -2.35. The molecule has 1 N–H and O–H groups in total. The smallest absolute Gasteiger partial charge is 0.262 e. The Morgan fingerprint density at radius 1 is 1.45 bits per heavy atom. The normalized spacial score (nSPS) is 19.1. The fraction of sp³-hybridized carbons (Fsp3) is 0.562. The van der Waals surface area contributed by atoms with Gasteiger partial charge in [-0.3, -0.25) is 4.79 Å². The molecule has 1 aromatic carbocycles. The second-order valence-corrected chi connectivity index (χ2v) is 5.59. The van der Waals surface area contributed by atoms with Crippen molar-refractivity contribution < 1.29 is 9.53 Å². The summed E-state index contributed by atoms with van der Waals surface area (Å²) in [6.07, 6.45) is 3.03. The molecule has 0 radical (unpaired) electrons. The standard InChI is InChI=1S/C16H24N2O2/c1-11(16(19)18(3)4)20-13-9-8-12-6-5-7-15(17-2)14(12)10-13/h8-11,15,17H,5-7H2,1-4H3. The van der Waals surface area contributed by atoms with Gasteiger partial charge in [0.2, 0.25) is 0 Å². The van der Waals surface area contributed by atoms with Crippen molar-refractivity contribution in [3.8, 4) is 5.75 Å². The van der Waals surface area contributed by atoms with E-state index < -0.39 is 6.10 Å². The Morgan fingerprint density at radius 3 is 2.85 bits per heavy atom. The fourth-order valence-corrected chi connectivity index (χ4v) is 2.77. The van der Waals surface area contributed by atoms with E-state index >= 15 is 0 Å². The van der Waals surface area contributed by atoms with Crippen molar-refractivity contribution in [1.29, 1.82) is 0 Å². The molecule has 2 rings (SSSR count). The number of nitrogens with zero attached hydrogens (tertiary/aromatic N) is 1. The number of amides is 1. The summed E-state index contributed by atoms with van der Waals surface area (Å²) in [5.74, 6) is 0.751. The average molecular weight is 276 g/mol. The molecule has 2 unspecified atom stereocenters. The molecule has 0 aliphatic heterocycles. The number of ether oxygens (including phenoxy) is 1. The van der Waals surface area contributed by atoms with Crippen molar-refractivity contribution in [2.45, 2.75) is 38.3 Å². The molecule has 0 spiro atoms. The molecular weight excluding hydrogens is 252 g/mol. The predicted octanol–water partition coefficient (Wildman–Crippen LogP) is 2.14. The number of hydrogen-bond acceptors (Lipinski definition) is 3. The lowest BCUT2D eigenvalue weighted by atomic mass is 9.87. The van der Waals surface area contributed by atoms with E-state index in [1.54, 1.807) is 25.9 Å². The number of likely N-dealkylation sites (N-methyl/N-ethyl adjacent to an activating group) is 1. The number of aryl methyl sites for hydroxylation is 1. The van der Waals surface area contributed by atoms with Crippen LogP contribution in [0, 0.1) is 0 Å². The number of carbonyl (C=O) groups is 1. The fourth-order valence-electron chi connectivity index (χ4n) is 2.77. The second kappa shape index (κ2) is 6.27. The minimum absolute atomic E-state index is 0.0205. The van der Waals surface area contributed by atoms with E-state index in [1.165, 1.54) is 17.5 Å². The van der Waals surface area contributed by atoms with E-state index in [4.69, 9.17) is 4.74 Å². The second-order valence-electron chi connectivity index (χ2n) is 5.59. The Hall–Kier alpha value is -1.55. The van der Waals surface area contributed by atoms with Gasteiger partial charge in [0, 0.05) is 20.1 Å². The van der Waals surface area contributed by atoms with Crippen LogP contribution in [0.25, 0.3) is 0 Å². The summed E-state index contributed by atoms with van der Waals surface area (Å²) < 4.78 is 5.78. The van der Waals surface area contributed by atoms with E-state index in [2.05, 4.69) is 17.4 Å². The Bertz CT molecular complexity index is 485. The maximum Gasteiger partial charge on any atom is 0.262 e. The molecule has 1 aliphatic rings. The van der Waals surface area contributed by atoms with Gasteiger partial charge in [0.05, 0.1) is 0 Å². The van der Waals surface area contributed by atoms with Gasteiger partial charge in [0.1, 0.15) is 5.75 Å². The first kappa shape index (κ1) is 14.9. The van der Waals surface area contributed by atoms with Crippen molar-refractivity contribution in [2.24, 2.45) is 0 Å². The number of benzene rings is 1. The molecule has 1 aliphatic carbocycles. The van der Waals surface area contributed by atoms with E-state index in [-0.39, 0.29) is 5.91 Å². The molecule has 20 heavy (non-hydrogen) atoms. The highest BCUT2D eigenvalue weighted by molar-refractivity contribution is 5.80. The zero-order valence-corrected chi connectivity index (χ0v) is 12.8. The van der Waals surface area contributed by atoms with Crippen LogP contribution < -0.4 is 10.1 Å². The third kappa shape index (κ3) is 3.12. The molecule has 0 saturated heterocycles. The molecule has 2 atom stereocenters. The van der Waals surface area contributed by atoms with Gasteiger partial charge >= 0.3 is 0 Å². The zero-order valence-electron chi connectivity index (χ0n) is 12.8. The van der Waals surface area contributed by atoms with Crippen molar-refractivity contribution >= 4 is 5.91 Å². The van der Waals surface area contributed by atoms with Crippen molar-refractivity contribution in [1.82, 2.24) is 10.2 Å². The van der Waals surface area contributed by atoms with Gasteiger partial charge < -0.3 is 15.0 Å². The Morgan fingerprint density at radius 2 is 2.20 bits per heavy atom. The van der Waals surface area contributed by atoms with Crippen LogP contribution in [-0.2, 0) is 11.2 Å². The van der Waals surface area contributed by atoms with Crippen LogP contribution >= 0.6 is 0 Å². The van der Waals surface area contributed by atoms with E-state index in [9.17, 15) is 4.79 Å². The Kier molecular flexibility index (Phi) is 4.65. The molecular formula is C16H24N2O2. The van der Waals surface area contributed by atoms with E-state index in [0.717, 1.165) is 18.6 Å². The number of hydrogen-bond donors (Lipinski definition) is 1. The van der Waals surface area contributed by atoms with Crippen LogP contribution in [0.5, 0.6) is 5.75 Å². The summed E-state index contributed by atoms with van der Waals surface area (Å²) in [7, 11) is 5.48. The summed E-state index contributed by atoms with van der Waals surface area (Å²) in [5, 5.41) is 3.35. The lowest BCUT2D eigenvalue weighted by Gasteiger charge is -2.26. The molecule has 0 bridgehead atoms. The minimum Gasteiger partial charge on any atom is -0.481 e. The van der Waals surface area contributed by atoms with Crippen LogP contribution in [0.4, 0.5) is 0 Å². The van der Waals surface area contributed by atoms with Gasteiger partial charge in [-0.05, 0) is 56.5 Å². The van der Waals surface area contributed by atoms with Gasteiger partial charge in [-0.15, -0.1) is 0 Å². The summed E-state index contributed by atoms with van der Waals surface area (Å²) >= 11 is 0. The highest BCUT2D eigenvalue weighted by atomic mass is 16.5. The zero-order chi connectivity index (χ0) is 14.7. The van der Waals surface area contributed by atoms with Crippen LogP contribution in [0.3, 0.4) is 0 Å². The first-order chi connectivity index (χ1) is 9.52.